The van der Waals surface area contributed by atoms with Gasteiger partial charge in [-0.05, 0) is 12.5 Å². The zero-order valence-electron chi connectivity index (χ0n) is 7.12. The molecule has 0 atom stereocenters. The van der Waals surface area contributed by atoms with E-state index in [2.05, 4.69) is 24.3 Å². The van der Waals surface area contributed by atoms with Gasteiger partial charge in [-0.2, -0.15) is 5.10 Å². The zero-order valence-corrected chi connectivity index (χ0v) is 7.12. The molecule has 2 rings (SSSR count). The fraction of sp³-hybridized carbons (Fsp3) is 0.300. The third kappa shape index (κ3) is 1.09. The van der Waals surface area contributed by atoms with Gasteiger partial charge < -0.3 is 0 Å². The van der Waals surface area contributed by atoms with Crippen LogP contribution in [0.4, 0.5) is 0 Å². The molecular formula is C10H11N2. The van der Waals surface area contributed by atoms with Gasteiger partial charge in [0.15, 0.2) is 0 Å². The van der Waals surface area contributed by atoms with E-state index >= 15 is 0 Å². The highest BCUT2D eigenvalue weighted by Crippen LogP contribution is 2.11. The van der Waals surface area contributed by atoms with Crippen LogP contribution < -0.4 is 0 Å². The molecule has 0 unspecified atom stereocenters. The Morgan fingerprint density at radius 1 is 1.42 bits per heavy atom. The number of benzene rings is 1. The molecule has 0 aliphatic rings. The van der Waals surface area contributed by atoms with Crippen molar-refractivity contribution in [1.29, 1.82) is 0 Å². The number of rotatable bonds is 2. The van der Waals surface area contributed by atoms with E-state index in [1.165, 1.54) is 5.52 Å². The summed E-state index contributed by atoms with van der Waals surface area (Å²) < 4.78 is 2.00. The molecule has 0 N–H and O–H groups in total. The minimum absolute atomic E-state index is 0.976. The lowest BCUT2D eigenvalue weighted by Crippen LogP contribution is -1.97. The molecule has 2 aromatic rings. The van der Waals surface area contributed by atoms with E-state index < -0.39 is 0 Å². The lowest BCUT2D eigenvalue weighted by Gasteiger charge is -1.98. The average Bonchev–Trinajstić information content (AvgIpc) is 2.50. The molecule has 61 valence electrons. The summed E-state index contributed by atoms with van der Waals surface area (Å²) in [6.07, 6.45) is 4.10. The summed E-state index contributed by atoms with van der Waals surface area (Å²) >= 11 is 0. The van der Waals surface area contributed by atoms with Crippen LogP contribution in [0.15, 0.2) is 24.3 Å². The van der Waals surface area contributed by atoms with Gasteiger partial charge in [0, 0.05) is 11.9 Å². The summed E-state index contributed by atoms with van der Waals surface area (Å²) in [7, 11) is 0. The van der Waals surface area contributed by atoms with Crippen LogP contribution in [0.1, 0.15) is 13.3 Å². The number of fused-ring (bicyclic) bond motifs is 1. The number of aromatic nitrogens is 2. The largest absolute Gasteiger partial charge is 0.264 e. The average molecular weight is 159 g/mol. The van der Waals surface area contributed by atoms with Crippen molar-refractivity contribution in [2.24, 2.45) is 0 Å². The van der Waals surface area contributed by atoms with Crippen molar-refractivity contribution >= 4 is 10.9 Å². The summed E-state index contributed by atoms with van der Waals surface area (Å²) in [4.78, 5) is 0. The van der Waals surface area contributed by atoms with Crippen LogP contribution in [0.5, 0.6) is 0 Å². The van der Waals surface area contributed by atoms with Gasteiger partial charge in [-0.25, -0.2) is 0 Å². The maximum absolute atomic E-state index is 4.18. The van der Waals surface area contributed by atoms with E-state index in [4.69, 9.17) is 0 Å². The molecule has 2 nitrogen and oxygen atoms in total. The van der Waals surface area contributed by atoms with Crippen molar-refractivity contribution in [1.82, 2.24) is 9.78 Å². The molecule has 12 heavy (non-hydrogen) atoms. The minimum atomic E-state index is 0.976. The molecule has 0 aliphatic carbocycles. The second-order valence-corrected chi connectivity index (χ2v) is 2.85. The van der Waals surface area contributed by atoms with Crippen molar-refractivity contribution in [2.75, 3.05) is 0 Å². The first-order chi connectivity index (χ1) is 5.92. The second kappa shape index (κ2) is 2.97. The number of aryl methyl sites for hydroxylation is 1. The van der Waals surface area contributed by atoms with Gasteiger partial charge >= 0.3 is 0 Å². The molecule has 1 radical (unpaired) electrons. The molecule has 0 spiro atoms. The first-order valence-electron chi connectivity index (χ1n) is 4.25. The van der Waals surface area contributed by atoms with Crippen LogP contribution in [-0.4, -0.2) is 9.78 Å². The van der Waals surface area contributed by atoms with Crippen LogP contribution in [0.25, 0.3) is 10.9 Å². The Kier molecular flexibility index (Phi) is 1.82. The molecule has 0 fully saturated rings. The molecule has 0 aliphatic heterocycles. The van der Waals surface area contributed by atoms with Crippen LogP contribution in [0.2, 0.25) is 0 Å². The molecule has 1 aromatic carbocycles. The highest BCUT2D eigenvalue weighted by Gasteiger charge is 1.99. The highest BCUT2D eigenvalue weighted by atomic mass is 15.3. The van der Waals surface area contributed by atoms with Gasteiger partial charge in [-0.1, -0.05) is 25.1 Å². The maximum atomic E-state index is 4.18. The highest BCUT2D eigenvalue weighted by molar-refractivity contribution is 5.77. The van der Waals surface area contributed by atoms with Crippen LogP contribution in [-0.2, 0) is 6.54 Å². The van der Waals surface area contributed by atoms with E-state index in [-0.39, 0.29) is 0 Å². The van der Waals surface area contributed by atoms with Gasteiger partial charge in [-0.3, -0.25) is 4.68 Å². The lowest BCUT2D eigenvalue weighted by molar-refractivity contribution is 0.621. The topological polar surface area (TPSA) is 17.8 Å². The molecule has 0 saturated heterocycles. The fourth-order valence-electron chi connectivity index (χ4n) is 1.34. The monoisotopic (exact) mass is 159 g/mol. The molecule has 1 aromatic heterocycles. The molecule has 0 amide bonds. The Hall–Kier alpha value is -1.31. The number of hydrogen-bond acceptors (Lipinski definition) is 1. The molecule has 1 heterocycles. The van der Waals surface area contributed by atoms with Crippen molar-refractivity contribution < 1.29 is 0 Å². The van der Waals surface area contributed by atoms with Gasteiger partial charge in [0.1, 0.15) is 6.20 Å². The smallest absolute Gasteiger partial charge is 0.121 e. The van der Waals surface area contributed by atoms with E-state index in [0.29, 0.717) is 0 Å². The lowest BCUT2D eigenvalue weighted by atomic mass is 10.2. The fourth-order valence-corrected chi connectivity index (χ4v) is 1.34. The normalized spacial score (nSPS) is 10.8. The van der Waals surface area contributed by atoms with E-state index in [9.17, 15) is 0 Å². The Morgan fingerprint density at radius 2 is 2.25 bits per heavy atom. The first kappa shape index (κ1) is 7.35. The molecular weight excluding hydrogens is 148 g/mol. The Balaban J connectivity index is 2.55. The first-order valence-corrected chi connectivity index (χ1v) is 4.25. The number of para-hydroxylation sites is 1. The summed E-state index contributed by atoms with van der Waals surface area (Å²) in [5.74, 6) is 0. The van der Waals surface area contributed by atoms with Crippen molar-refractivity contribution in [2.45, 2.75) is 19.9 Å². The van der Waals surface area contributed by atoms with E-state index in [1.54, 1.807) is 0 Å². The van der Waals surface area contributed by atoms with E-state index in [0.717, 1.165) is 18.4 Å². The molecule has 2 heteroatoms. The Morgan fingerprint density at radius 3 is 3.08 bits per heavy atom. The van der Waals surface area contributed by atoms with Crippen molar-refractivity contribution in [3.8, 4) is 0 Å². The summed E-state index contributed by atoms with van der Waals surface area (Å²) in [6, 6.07) is 8.16. The minimum Gasteiger partial charge on any atom is -0.264 e. The zero-order chi connectivity index (χ0) is 8.39. The summed E-state index contributed by atoms with van der Waals surface area (Å²) in [6.45, 7) is 3.13. The van der Waals surface area contributed by atoms with Gasteiger partial charge in [0.2, 0.25) is 0 Å². The molecule has 0 saturated carbocycles. The van der Waals surface area contributed by atoms with Crippen LogP contribution >= 0.6 is 0 Å². The maximum Gasteiger partial charge on any atom is 0.121 e. The second-order valence-electron chi connectivity index (χ2n) is 2.85. The predicted molar refractivity (Wildman–Crippen MR) is 48.9 cm³/mol. The van der Waals surface area contributed by atoms with Gasteiger partial charge in [0.25, 0.3) is 0 Å². The number of hydrogen-bond donors (Lipinski definition) is 0. The third-order valence-corrected chi connectivity index (χ3v) is 1.91. The van der Waals surface area contributed by atoms with Crippen molar-refractivity contribution in [3.05, 3.63) is 30.5 Å². The van der Waals surface area contributed by atoms with E-state index in [1.807, 2.05) is 22.9 Å². The standard InChI is InChI=1S/C10H11N2/c1-2-7-12-10-6-4-3-5-9(10)8-11-12/h3-6H,2,7H2,1H3. The Bertz CT molecular complexity index is 376. The Labute approximate surface area is 71.8 Å². The molecule has 0 bridgehead atoms. The van der Waals surface area contributed by atoms with Crippen LogP contribution in [0, 0.1) is 6.20 Å². The van der Waals surface area contributed by atoms with Crippen LogP contribution in [0.3, 0.4) is 0 Å². The SMILES string of the molecule is CCCn1n[c]c2ccccc21. The number of nitrogens with zero attached hydrogens (tertiary/aromatic N) is 2. The summed E-state index contributed by atoms with van der Waals surface area (Å²) in [5, 5.41) is 5.28. The van der Waals surface area contributed by atoms with Gasteiger partial charge in [0.05, 0.1) is 5.52 Å². The van der Waals surface area contributed by atoms with Crippen molar-refractivity contribution in [3.63, 3.8) is 0 Å². The third-order valence-electron chi connectivity index (χ3n) is 1.91. The quantitative estimate of drug-likeness (QED) is 0.657. The van der Waals surface area contributed by atoms with Gasteiger partial charge in [-0.15, -0.1) is 0 Å². The predicted octanol–water partition coefficient (Wildman–Crippen LogP) is 2.25. The summed E-state index contributed by atoms with van der Waals surface area (Å²) in [5.41, 5.74) is 1.18.